The number of hydrogen-bond acceptors (Lipinski definition) is 2. The van der Waals surface area contributed by atoms with Gasteiger partial charge >= 0.3 is 5.97 Å². The molecule has 0 aliphatic carbocycles. The maximum Gasteiger partial charge on any atom is 0.346 e. The van der Waals surface area contributed by atoms with Crippen LogP contribution in [0.15, 0.2) is 53.8 Å². The minimum absolute atomic E-state index is 0.363. The fraction of sp³-hybridized carbons (Fsp3) is 0.176. The fourth-order valence-electron chi connectivity index (χ4n) is 2.02. The predicted molar refractivity (Wildman–Crippen MR) is 77.7 cm³/mol. The van der Waals surface area contributed by atoms with Crippen molar-refractivity contribution in [1.82, 2.24) is 0 Å². The number of carbonyl (C=O) groups is 1. The Morgan fingerprint density at radius 2 is 1.74 bits per heavy atom. The summed E-state index contributed by atoms with van der Waals surface area (Å²) in [6, 6.07) is 13.8. The van der Waals surface area contributed by atoms with Crippen LogP contribution in [-0.2, 0) is 9.53 Å². The number of esters is 1. The van der Waals surface area contributed by atoms with Gasteiger partial charge in [-0.1, -0.05) is 42.5 Å². The van der Waals surface area contributed by atoms with Crippen LogP contribution in [0.4, 0.5) is 0 Å². The number of methoxy groups -OCH3 is 1. The molecule has 0 spiro atoms. The first-order chi connectivity index (χ1) is 9.13. The topological polar surface area (TPSA) is 26.3 Å². The molecule has 2 aromatic rings. The van der Waals surface area contributed by atoms with E-state index < -0.39 is 0 Å². The highest BCUT2D eigenvalue weighted by atomic mass is 16.5. The highest BCUT2D eigenvalue weighted by Crippen LogP contribution is 2.25. The number of rotatable bonds is 2. The smallest absolute Gasteiger partial charge is 0.346 e. The summed E-state index contributed by atoms with van der Waals surface area (Å²) >= 11 is 0. The molecule has 19 heavy (non-hydrogen) atoms. The van der Waals surface area contributed by atoms with E-state index in [0.29, 0.717) is 5.57 Å². The number of fused-ring (bicyclic) bond motifs is 1. The first kappa shape index (κ1) is 13.1. The number of benzene rings is 2. The molecule has 0 radical (unpaired) electrons. The summed E-state index contributed by atoms with van der Waals surface area (Å²) in [6.45, 7) is 3.82. The van der Waals surface area contributed by atoms with E-state index in [1.165, 1.54) is 7.11 Å². The van der Waals surface area contributed by atoms with Crippen LogP contribution in [0.1, 0.15) is 19.4 Å². The van der Waals surface area contributed by atoms with E-state index in [4.69, 9.17) is 4.74 Å². The normalized spacial score (nSPS) is 9.84. The second kappa shape index (κ2) is 5.55. The molecule has 0 fully saturated rings. The maximum atomic E-state index is 12.0. The van der Waals surface area contributed by atoms with Crippen molar-refractivity contribution in [2.75, 3.05) is 7.11 Å². The van der Waals surface area contributed by atoms with Gasteiger partial charge in [-0.05, 0) is 30.2 Å². The Kier molecular flexibility index (Phi) is 3.84. The van der Waals surface area contributed by atoms with Gasteiger partial charge in [0.25, 0.3) is 0 Å². The molecule has 0 aromatic heterocycles. The Balaban J connectivity index is 2.78. The third-order valence-electron chi connectivity index (χ3n) is 2.82. The molecule has 0 saturated heterocycles. The number of hydrogen-bond donors (Lipinski definition) is 0. The van der Waals surface area contributed by atoms with E-state index in [1.54, 1.807) is 0 Å². The molecular weight excluding hydrogens is 236 g/mol. The van der Waals surface area contributed by atoms with Crippen molar-refractivity contribution >= 4 is 22.3 Å². The van der Waals surface area contributed by atoms with Crippen LogP contribution in [0.3, 0.4) is 0 Å². The van der Waals surface area contributed by atoms with Gasteiger partial charge in [0.15, 0.2) is 0 Å². The van der Waals surface area contributed by atoms with Gasteiger partial charge in [0.2, 0.25) is 0 Å². The Morgan fingerprint density at radius 3 is 2.42 bits per heavy atom. The van der Waals surface area contributed by atoms with Crippen molar-refractivity contribution < 1.29 is 9.53 Å². The molecule has 0 bridgehead atoms. The quantitative estimate of drug-likeness (QED) is 0.459. The summed E-state index contributed by atoms with van der Waals surface area (Å²) in [7, 11) is 1.39. The minimum atomic E-state index is -0.363. The summed E-state index contributed by atoms with van der Waals surface area (Å²) in [5.74, 6) is -0.363. The lowest BCUT2D eigenvalue weighted by Gasteiger charge is -2.07. The average molecular weight is 252 g/mol. The maximum absolute atomic E-state index is 12.0. The van der Waals surface area contributed by atoms with Crippen LogP contribution in [0.25, 0.3) is 16.3 Å². The summed E-state index contributed by atoms with van der Waals surface area (Å²) in [5.41, 5.74) is 5.36. The number of carbonyl (C=O) groups excluding carboxylic acids is 1. The van der Waals surface area contributed by atoms with Crippen molar-refractivity contribution in [3.8, 4) is 0 Å². The molecule has 0 unspecified atom stereocenters. The molecule has 0 aliphatic rings. The Labute approximate surface area is 113 Å². The molecule has 2 rings (SSSR count). The lowest BCUT2D eigenvalue weighted by Crippen LogP contribution is -2.03. The highest BCUT2D eigenvalue weighted by molar-refractivity contribution is 6.19. The molecule has 0 atom stereocenters. The first-order valence-electron chi connectivity index (χ1n) is 6.14. The van der Waals surface area contributed by atoms with Crippen molar-refractivity contribution in [3.63, 3.8) is 0 Å². The van der Waals surface area contributed by atoms with Crippen LogP contribution in [0.5, 0.6) is 0 Å². The molecule has 0 N–H and O–H groups in total. The lowest BCUT2D eigenvalue weighted by molar-refractivity contribution is -0.133. The SMILES string of the molecule is COC(=O)C(=C=C(C)C)c1cccc2ccccc12. The van der Waals surface area contributed by atoms with Crippen LogP contribution >= 0.6 is 0 Å². The predicted octanol–water partition coefficient (Wildman–Crippen LogP) is 3.96. The van der Waals surface area contributed by atoms with Crippen molar-refractivity contribution in [3.05, 3.63) is 59.3 Å². The van der Waals surface area contributed by atoms with Gasteiger partial charge in [-0.25, -0.2) is 4.79 Å². The summed E-state index contributed by atoms with van der Waals surface area (Å²) in [5, 5.41) is 2.12. The Bertz CT molecular complexity index is 680. The van der Waals surface area contributed by atoms with Crippen LogP contribution in [0, 0.1) is 0 Å². The van der Waals surface area contributed by atoms with E-state index in [9.17, 15) is 4.79 Å². The van der Waals surface area contributed by atoms with Crippen molar-refractivity contribution in [1.29, 1.82) is 0 Å². The molecule has 2 aromatic carbocycles. The molecule has 2 heteroatoms. The van der Waals surface area contributed by atoms with Crippen molar-refractivity contribution in [2.24, 2.45) is 0 Å². The lowest BCUT2D eigenvalue weighted by atomic mass is 9.98. The summed E-state index contributed by atoms with van der Waals surface area (Å²) < 4.78 is 4.86. The fourth-order valence-corrected chi connectivity index (χ4v) is 2.02. The zero-order valence-corrected chi connectivity index (χ0v) is 11.4. The van der Waals surface area contributed by atoms with E-state index in [2.05, 4.69) is 5.73 Å². The molecule has 0 amide bonds. The minimum Gasteiger partial charge on any atom is -0.465 e. The van der Waals surface area contributed by atoms with Gasteiger partial charge in [-0.15, -0.1) is 5.73 Å². The molecule has 0 saturated carbocycles. The Morgan fingerprint density at radius 1 is 1.05 bits per heavy atom. The molecule has 96 valence electrons. The molecule has 2 nitrogen and oxygen atoms in total. The largest absolute Gasteiger partial charge is 0.465 e. The second-order valence-corrected chi connectivity index (χ2v) is 4.52. The van der Waals surface area contributed by atoms with E-state index >= 15 is 0 Å². The summed E-state index contributed by atoms with van der Waals surface area (Å²) in [6.07, 6.45) is 0. The van der Waals surface area contributed by atoms with Crippen LogP contribution in [-0.4, -0.2) is 13.1 Å². The van der Waals surface area contributed by atoms with Gasteiger partial charge in [-0.2, -0.15) is 0 Å². The highest BCUT2D eigenvalue weighted by Gasteiger charge is 2.14. The van der Waals surface area contributed by atoms with Gasteiger partial charge in [0, 0.05) is 5.56 Å². The zero-order chi connectivity index (χ0) is 13.8. The van der Waals surface area contributed by atoms with Gasteiger partial charge < -0.3 is 4.74 Å². The zero-order valence-electron chi connectivity index (χ0n) is 11.4. The first-order valence-corrected chi connectivity index (χ1v) is 6.14. The molecule has 0 heterocycles. The average Bonchev–Trinajstić information content (AvgIpc) is 2.43. The van der Waals surface area contributed by atoms with E-state index in [0.717, 1.165) is 21.9 Å². The van der Waals surface area contributed by atoms with Gasteiger partial charge in [0.1, 0.15) is 5.57 Å². The summed E-state index contributed by atoms with van der Waals surface area (Å²) in [4.78, 5) is 12.0. The standard InChI is InChI=1S/C17H16O2/c1-12(2)11-16(17(18)19-3)15-10-6-8-13-7-4-5-9-14(13)15/h4-10H,1-3H3. The van der Waals surface area contributed by atoms with Crippen molar-refractivity contribution in [2.45, 2.75) is 13.8 Å². The molecule has 0 aliphatic heterocycles. The monoisotopic (exact) mass is 252 g/mol. The van der Waals surface area contributed by atoms with Crippen LogP contribution < -0.4 is 0 Å². The van der Waals surface area contributed by atoms with E-state index in [-0.39, 0.29) is 5.97 Å². The number of ether oxygens (including phenoxy) is 1. The second-order valence-electron chi connectivity index (χ2n) is 4.52. The van der Waals surface area contributed by atoms with Crippen LogP contribution in [0.2, 0.25) is 0 Å². The van der Waals surface area contributed by atoms with E-state index in [1.807, 2.05) is 56.3 Å². The van der Waals surface area contributed by atoms with Gasteiger partial charge in [-0.3, -0.25) is 0 Å². The van der Waals surface area contributed by atoms with Gasteiger partial charge in [0.05, 0.1) is 7.11 Å². The third kappa shape index (κ3) is 2.75. The molecular formula is C17H16O2. The Hall–Kier alpha value is -2.31. The third-order valence-corrected chi connectivity index (χ3v) is 2.82.